The molecule has 1 aromatic carbocycles. The van der Waals surface area contributed by atoms with Crippen molar-refractivity contribution in [2.24, 2.45) is 23.5 Å². The van der Waals surface area contributed by atoms with Crippen molar-refractivity contribution in [3.63, 3.8) is 0 Å². The summed E-state index contributed by atoms with van der Waals surface area (Å²) in [4.78, 5) is 30.7. The molecule has 2 bridgehead atoms. The van der Waals surface area contributed by atoms with Gasteiger partial charge in [0.15, 0.2) is 17.3 Å². The highest BCUT2D eigenvalue weighted by molar-refractivity contribution is 5.92. The number of benzene rings is 1. The number of pyridine rings is 2. The van der Waals surface area contributed by atoms with Crippen molar-refractivity contribution in [3.05, 3.63) is 75.9 Å². The zero-order valence-electron chi connectivity index (χ0n) is 18.4. The Hall–Kier alpha value is -3.66. The molecule has 2 fully saturated rings. The number of nitrogens with zero attached hydrogens (tertiary/aromatic N) is 3. The second-order valence-corrected chi connectivity index (χ2v) is 9.66. The molecule has 3 heterocycles. The molecule has 4 atom stereocenters. The Labute approximate surface area is 197 Å². The highest BCUT2D eigenvalue weighted by Crippen LogP contribution is 2.50. The van der Waals surface area contributed by atoms with Crippen LogP contribution < -0.4 is 16.1 Å². The Balaban J connectivity index is 1.53. The minimum Gasteiger partial charge on any atom is -0.477 e. The molecule has 0 amide bonds. The van der Waals surface area contributed by atoms with Crippen LogP contribution >= 0.6 is 0 Å². The topological polar surface area (TPSA) is 101 Å². The summed E-state index contributed by atoms with van der Waals surface area (Å²) in [7, 11) is 0. The lowest BCUT2D eigenvalue weighted by Gasteiger charge is -2.47. The van der Waals surface area contributed by atoms with Crippen LogP contribution in [-0.4, -0.2) is 39.3 Å². The Morgan fingerprint density at radius 1 is 1.17 bits per heavy atom. The predicted octanol–water partition coefficient (Wildman–Crippen LogP) is 3.23. The average molecular weight is 482 g/mol. The fourth-order valence-electron chi connectivity index (χ4n) is 6.02. The third-order valence-corrected chi connectivity index (χ3v) is 7.78. The van der Waals surface area contributed by atoms with Gasteiger partial charge < -0.3 is 15.7 Å². The molecule has 0 spiro atoms. The maximum Gasteiger partial charge on any atom is 0.341 e. The molecule has 4 aliphatic rings. The van der Waals surface area contributed by atoms with E-state index in [9.17, 15) is 23.5 Å². The van der Waals surface area contributed by atoms with Crippen molar-refractivity contribution in [1.82, 2.24) is 9.55 Å². The van der Waals surface area contributed by atoms with E-state index in [2.05, 4.69) is 17.1 Å². The van der Waals surface area contributed by atoms with Crippen molar-refractivity contribution in [2.45, 2.75) is 18.4 Å². The van der Waals surface area contributed by atoms with Gasteiger partial charge in [-0.3, -0.25) is 9.36 Å². The number of allylic oxidation sites excluding steroid dienone is 1. The van der Waals surface area contributed by atoms with Crippen LogP contribution in [0.2, 0.25) is 0 Å². The number of halogens is 3. The summed E-state index contributed by atoms with van der Waals surface area (Å²) in [5.74, 6) is -3.47. The summed E-state index contributed by atoms with van der Waals surface area (Å²) >= 11 is 0. The van der Waals surface area contributed by atoms with Crippen LogP contribution in [0.15, 0.2) is 47.4 Å². The molecule has 3 N–H and O–H groups in total. The van der Waals surface area contributed by atoms with Gasteiger partial charge in [0, 0.05) is 36.8 Å². The molecule has 3 aliphatic carbocycles. The van der Waals surface area contributed by atoms with Gasteiger partial charge in [0.25, 0.3) is 0 Å². The van der Waals surface area contributed by atoms with Crippen molar-refractivity contribution >= 4 is 22.8 Å². The number of aromatic nitrogens is 2. The van der Waals surface area contributed by atoms with E-state index in [-0.39, 0.29) is 34.4 Å². The number of hydrogen-bond acceptors (Lipinski definition) is 5. The lowest BCUT2D eigenvalue weighted by Crippen LogP contribution is -2.55. The minimum absolute atomic E-state index is 0.0198. The van der Waals surface area contributed by atoms with Gasteiger partial charge in [-0.2, -0.15) is 0 Å². The molecular formula is C25H21F3N4O3. The summed E-state index contributed by atoms with van der Waals surface area (Å²) in [5, 5.41) is 9.18. The van der Waals surface area contributed by atoms with Crippen LogP contribution in [-0.2, 0) is 0 Å². The van der Waals surface area contributed by atoms with Gasteiger partial charge in [-0.25, -0.2) is 22.9 Å². The van der Waals surface area contributed by atoms with Gasteiger partial charge >= 0.3 is 5.97 Å². The molecule has 4 unspecified atom stereocenters. The zero-order valence-corrected chi connectivity index (χ0v) is 18.4. The van der Waals surface area contributed by atoms with E-state index in [0.29, 0.717) is 25.1 Å². The van der Waals surface area contributed by atoms with Gasteiger partial charge in [-0.15, -0.1) is 0 Å². The van der Waals surface area contributed by atoms with Crippen LogP contribution in [0.4, 0.5) is 19.0 Å². The van der Waals surface area contributed by atoms with Crippen LogP contribution in [0.5, 0.6) is 0 Å². The summed E-state index contributed by atoms with van der Waals surface area (Å²) in [6.45, 7) is 0.996. The third kappa shape index (κ3) is 3.19. The largest absolute Gasteiger partial charge is 0.477 e. The molecule has 180 valence electrons. The Bertz CT molecular complexity index is 1500. The summed E-state index contributed by atoms with van der Waals surface area (Å²) in [6, 6.07) is 3.69. The SMILES string of the molecule is NC12C=CC(CC1)C1CN(c3nc4c(cc3F)c(=O)c(C(=O)O)cn4-c3ccc(F)cc3F)CC12. The van der Waals surface area contributed by atoms with Gasteiger partial charge in [-0.05, 0) is 42.9 Å². The number of hydrogen-bond donors (Lipinski definition) is 2. The Morgan fingerprint density at radius 2 is 1.97 bits per heavy atom. The first kappa shape index (κ1) is 21.8. The average Bonchev–Trinajstić information content (AvgIpc) is 3.28. The van der Waals surface area contributed by atoms with Gasteiger partial charge in [0.1, 0.15) is 17.2 Å². The number of rotatable bonds is 3. The van der Waals surface area contributed by atoms with E-state index in [1.54, 1.807) is 4.90 Å². The lowest BCUT2D eigenvalue weighted by atomic mass is 9.60. The van der Waals surface area contributed by atoms with E-state index < -0.39 is 40.0 Å². The first-order valence-electron chi connectivity index (χ1n) is 11.3. The summed E-state index contributed by atoms with van der Waals surface area (Å²) in [5.41, 5.74) is 4.21. The Morgan fingerprint density at radius 3 is 2.63 bits per heavy atom. The predicted molar refractivity (Wildman–Crippen MR) is 122 cm³/mol. The molecule has 1 aliphatic heterocycles. The number of fused-ring (bicyclic) bond motifs is 2. The number of carbonyl (C=O) groups is 1. The number of aromatic carboxylic acids is 1. The van der Waals surface area contributed by atoms with Crippen molar-refractivity contribution < 1.29 is 23.1 Å². The van der Waals surface area contributed by atoms with Crippen molar-refractivity contribution in [1.29, 1.82) is 0 Å². The quantitative estimate of drug-likeness (QED) is 0.556. The van der Waals surface area contributed by atoms with Gasteiger partial charge in [0.05, 0.1) is 11.1 Å². The second kappa shape index (κ2) is 7.42. The van der Waals surface area contributed by atoms with Crippen molar-refractivity contribution in [3.8, 4) is 5.69 Å². The first-order valence-corrected chi connectivity index (χ1v) is 11.3. The van der Waals surface area contributed by atoms with E-state index in [1.165, 1.54) is 0 Å². The fraction of sp³-hybridized carbons (Fsp3) is 0.320. The molecule has 10 heteroatoms. The second-order valence-electron chi connectivity index (χ2n) is 9.66. The molecule has 1 saturated carbocycles. The van der Waals surface area contributed by atoms with Crippen LogP contribution in [0.25, 0.3) is 16.7 Å². The molecule has 35 heavy (non-hydrogen) atoms. The first-order chi connectivity index (χ1) is 16.7. The summed E-state index contributed by atoms with van der Waals surface area (Å²) in [6.07, 6.45) is 6.95. The van der Waals surface area contributed by atoms with E-state index in [1.807, 2.05) is 0 Å². The molecular weight excluding hydrogens is 461 g/mol. The molecule has 7 rings (SSSR count). The number of carboxylic acids is 1. The lowest BCUT2D eigenvalue weighted by molar-refractivity contribution is 0.0695. The minimum atomic E-state index is -1.56. The van der Waals surface area contributed by atoms with Crippen LogP contribution in [0.3, 0.4) is 0 Å². The van der Waals surface area contributed by atoms with Gasteiger partial charge in [0.2, 0.25) is 5.43 Å². The molecule has 1 saturated heterocycles. The smallest absolute Gasteiger partial charge is 0.341 e. The number of anilines is 1. The third-order valence-electron chi connectivity index (χ3n) is 7.78. The summed E-state index contributed by atoms with van der Waals surface area (Å²) < 4.78 is 44.6. The molecule has 2 aromatic heterocycles. The van der Waals surface area contributed by atoms with Gasteiger partial charge in [-0.1, -0.05) is 12.2 Å². The van der Waals surface area contributed by atoms with E-state index in [4.69, 9.17) is 5.73 Å². The van der Waals surface area contributed by atoms with Crippen LogP contribution in [0, 0.1) is 35.2 Å². The van der Waals surface area contributed by atoms with E-state index in [0.717, 1.165) is 41.8 Å². The van der Waals surface area contributed by atoms with E-state index >= 15 is 4.39 Å². The number of carboxylic acid groups (broad SMARTS) is 1. The molecule has 3 aromatic rings. The monoisotopic (exact) mass is 482 g/mol. The molecule has 7 nitrogen and oxygen atoms in total. The maximum atomic E-state index is 15.4. The fourth-order valence-corrected chi connectivity index (χ4v) is 6.02. The van der Waals surface area contributed by atoms with Crippen LogP contribution in [0.1, 0.15) is 23.2 Å². The Kier molecular flexibility index (Phi) is 4.63. The number of nitrogens with two attached hydrogens (primary N) is 1. The standard InChI is InChI=1S/C25H21F3N4O3/c26-13-1-2-20(18(27)7-13)32-10-16(24(34)35)21(33)14-8-19(28)23(30-22(14)32)31-9-15-12-3-5-25(29,6-4-12)17(15)11-31/h1-3,5,7-8,10,12,15,17H,4,6,9,11,29H2,(H,34,35). The maximum absolute atomic E-state index is 15.4. The highest BCUT2D eigenvalue weighted by Gasteiger charge is 2.52. The zero-order chi connectivity index (χ0) is 24.6. The van der Waals surface area contributed by atoms with Crippen molar-refractivity contribution in [2.75, 3.05) is 18.0 Å². The normalized spacial score (nSPS) is 27.0. The molecule has 0 radical (unpaired) electrons. The highest BCUT2D eigenvalue weighted by atomic mass is 19.1.